The van der Waals surface area contributed by atoms with Crippen molar-refractivity contribution in [1.82, 2.24) is 25.0 Å². The van der Waals surface area contributed by atoms with E-state index in [-0.39, 0.29) is 12.1 Å². The maximum Gasteiger partial charge on any atom is 0.409 e. The van der Waals surface area contributed by atoms with Crippen LogP contribution in [0.2, 0.25) is 0 Å². The molecule has 9 nitrogen and oxygen atoms in total. The number of guanidine groups is 1. The number of aromatic nitrogens is 3. The summed E-state index contributed by atoms with van der Waals surface area (Å²) in [6.45, 7) is 5.18. The van der Waals surface area contributed by atoms with E-state index >= 15 is 0 Å². The average Bonchev–Trinajstić information content (AvgIpc) is 2.89. The van der Waals surface area contributed by atoms with E-state index < -0.39 is 0 Å². The zero-order chi connectivity index (χ0) is 19.1. The van der Waals surface area contributed by atoms with Crippen molar-refractivity contribution in [1.29, 1.82) is 0 Å². The van der Waals surface area contributed by atoms with Gasteiger partial charge in [-0.05, 0) is 32.6 Å². The highest BCUT2D eigenvalue weighted by Gasteiger charge is 2.23. The highest BCUT2D eigenvalue weighted by Crippen LogP contribution is 2.15. The summed E-state index contributed by atoms with van der Waals surface area (Å²) < 4.78 is 7.29. The molecule has 0 atom stereocenters. The van der Waals surface area contributed by atoms with Crippen LogP contribution >= 0.6 is 0 Å². The van der Waals surface area contributed by atoms with E-state index in [4.69, 9.17) is 10.5 Å². The molecule has 0 saturated carbocycles. The molecule has 0 aromatic carbocycles. The predicted octanol–water partition coefficient (Wildman–Crippen LogP) is 1.07. The fourth-order valence-corrected chi connectivity index (χ4v) is 3.68. The van der Waals surface area contributed by atoms with E-state index in [0.717, 1.165) is 43.9 Å². The number of aryl methyl sites for hydroxylation is 1. The minimum absolute atomic E-state index is 0.231. The van der Waals surface area contributed by atoms with Crippen molar-refractivity contribution in [2.75, 3.05) is 26.2 Å². The average molecular weight is 377 g/mol. The summed E-state index contributed by atoms with van der Waals surface area (Å²) in [7, 11) is 0. The fraction of sp³-hybridized carbons (Fsp3) is 0.778. The maximum absolute atomic E-state index is 11.7. The van der Waals surface area contributed by atoms with Gasteiger partial charge in [-0.25, -0.2) is 4.79 Å². The Balaban J connectivity index is 1.42. The topological polar surface area (TPSA) is 111 Å². The first-order valence-corrected chi connectivity index (χ1v) is 10.1. The number of ether oxygens (including phenoxy) is 1. The van der Waals surface area contributed by atoms with Crippen LogP contribution in [0.4, 0.5) is 4.79 Å². The maximum atomic E-state index is 11.7. The summed E-state index contributed by atoms with van der Waals surface area (Å²) in [5.41, 5.74) is 6.04. The van der Waals surface area contributed by atoms with Gasteiger partial charge in [0.1, 0.15) is 11.6 Å². The SMILES string of the molecule is CCOC(=O)N1CCC(NC(N)=NCCc2nnc3n2CCCCC3)CC1. The van der Waals surface area contributed by atoms with Gasteiger partial charge in [-0.3, -0.25) is 4.99 Å². The molecule has 150 valence electrons. The molecule has 2 aliphatic heterocycles. The van der Waals surface area contributed by atoms with Gasteiger partial charge in [-0.1, -0.05) is 6.42 Å². The van der Waals surface area contributed by atoms with Crippen LogP contribution < -0.4 is 11.1 Å². The molecule has 0 radical (unpaired) electrons. The normalized spacial score (nSPS) is 18.7. The van der Waals surface area contributed by atoms with Gasteiger partial charge in [0, 0.05) is 45.1 Å². The van der Waals surface area contributed by atoms with Gasteiger partial charge in [0.05, 0.1) is 6.61 Å². The number of nitrogens with two attached hydrogens (primary N) is 1. The molecule has 3 N–H and O–H groups in total. The smallest absolute Gasteiger partial charge is 0.409 e. The predicted molar refractivity (Wildman–Crippen MR) is 103 cm³/mol. The minimum atomic E-state index is -0.231. The van der Waals surface area contributed by atoms with Crippen molar-refractivity contribution in [3.05, 3.63) is 11.6 Å². The van der Waals surface area contributed by atoms with Crippen LogP contribution in [0.25, 0.3) is 0 Å². The number of nitrogens with one attached hydrogen (secondary N) is 1. The third kappa shape index (κ3) is 5.33. The first-order chi connectivity index (χ1) is 13.2. The first kappa shape index (κ1) is 19.4. The molecule has 0 unspecified atom stereocenters. The summed E-state index contributed by atoms with van der Waals surface area (Å²) in [6.07, 6.45) is 6.86. The molecule has 3 rings (SSSR count). The van der Waals surface area contributed by atoms with Crippen LogP contribution in [0.5, 0.6) is 0 Å². The number of rotatable bonds is 5. The van der Waals surface area contributed by atoms with Crippen molar-refractivity contribution >= 4 is 12.1 Å². The highest BCUT2D eigenvalue weighted by molar-refractivity contribution is 5.78. The number of aliphatic imine (C=N–C) groups is 1. The Bertz CT molecular complexity index is 650. The summed E-state index contributed by atoms with van der Waals surface area (Å²) in [5.74, 6) is 2.57. The molecule has 1 fully saturated rings. The van der Waals surface area contributed by atoms with Gasteiger partial charge in [-0.2, -0.15) is 0 Å². The zero-order valence-corrected chi connectivity index (χ0v) is 16.2. The number of carbonyl (C=O) groups excluding carboxylic acids is 1. The third-order valence-electron chi connectivity index (χ3n) is 5.18. The Morgan fingerprint density at radius 2 is 2.07 bits per heavy atom. The zero-order valence-electron chi connectivity index (χ0n) is 16.2. The highest BCUT2D eigenvalue weighted by atomic mass is 16.6. The van der Waals surface area contributed by atoms with Crippen LogP contribution in [-0.4, -0.2) is 64.0 Å². The largest absolute Gasteiger partial charge is 0.450 e. The van der Waals surface area contributed by atoms with E-state index in [1.165, 1.54) is 19.3 Å². The van der Waals surface area contributed by atoms with Crippen LogP contribution in [-0.2, 0) is 24.1 Å². The van der Waals surface area contributed by atoms with Gasteiger partial charge in [0.15, 0.2) is 5.96 Å². The van der Waals surface area contributed by atoms with E-state index in [1.807, 2.05) is 6.92 Å². The Morgan fingerprint density at radius 1 is 1.26 bits per heavy atom. The van der Waals surface area contributed by atoms with Crippen molar-refractivity contribution in [3.63, 3.8) is 0 Å². The Hall–Kier alpha value is -2.32. The Kier molecular flexibility index (Phi) is 6.89. The lowest BCUT2D eigenvalue weighted by Crippen LogP contribution is -2.48. The Labute approximate surface area is 160 Å². The lowest BCUT2D eigenvalue weighted by molar-refractivity contribution is 0.0963. The summed E-state index contributed by atoms with van der Waals surface area (Å²) in [4.78, 5) is 17.9. The lowest BCUT2D eigenvalue weighted by atomic mass is 10.1. The fourth-order valence-electron chi connectivity index (χ4n) is 3.68. The van der Waals surface area contributed by atoms with Crippen molar-refractivity contribution < 1.29 is 9.53 Å². The number of nitrogens with zero attached hydrogens (tertiary/aromatic N) is 5. The molecule has 9 heteroatoms. The second-order valence-electron chi connectivity index (χ2n) is 7.12. The molecule has 0 spiro atoms. The molecule has 27 heavy (non-hydrogen) atoms. The van der Waals surface area contributed by atoms with Gasteiger partial charge in [0.2, 0.25) is 0 Å². The minimum Gasteiger partial charge on any atom is -0.450 e. The number of carbonyl (C=O) groups is 1. The van der Waals surface area contributed by atoms with Gasteiger partial charge < -0.3 is 25.3 Å². The van der Waals surface area contributed by atoms with Crippen molar-refractivity contribution in [2.45, 2.75) is 64.5 Å². The van der Waals surface area contributed by atoms with E-state index in [1.54, 1.807) is 4.90 Å². The van der Waals surface area contributed by atoms with Gasteiger partial charge in [0.25, 0.3) is 0 Å². The summed E-state index contributed by atoms with van der Waals surface area (Å²) in [6, 6.07) is 0.240. The first-order valence-electron chi connectivity index (χ1n) is 10.1. The molecule has 1 amide bonds. The molecule has 1 saturated heterocycles. The summed E-state index contributed by atoms with van der Waals surface area (Å²) in [5, 5.41) is 11.9. The van der Waals surface area contributed by atoms with E-state index in [2.05, 4.69) is 25.1 Å². The quantitative estimate of drug-likeness (QED) is 0.587. The number of hydrogen-bond donors (Lipinski definition) is 2. The Morgan fingerprint density at radius 3 is 2.85 bits per heavy atom. The van der Waals surface area contributed by atoms with E-state index in [9.17, 15) is 4.79 Å². The van der Waals surface area contributed by atoms with Crippen LogP contribution in [0.1, 0.15) is 50.7 Å². The summed E-state index contributed by atoms with van der Waals surface area (Å²) >= 11 is 0. The molecule has 2 aliphatic rings. The number of piperidine rings is 1. The molecule has 3 heterocycles. The monoisotopic (exact) mass is 377 g/mol. The van der Waals surface area contributed by atoms with Gasteiger partial charge in [-0.15, -0.1) is 10.2 Å². The number of fused-ring (bicyclic) bond motifs is 1. The molecule has 1 aromatic heterocycles. The second-order valence-corrected chi connectivity index (χ2v) is 7.12. The number of likely N-dealkylation sites (tertiary alicyclic amines) is 1. The van der Waals surface area contributed by atoms with Crippen molar-refractivity contribution in [2.24, 2.45) is 10.7 Å². The molecule has 0 bridgehead atoms. The molecular weight excluding hydrogens is 346 g/mol. The van der Waals surface area contributed by atoms with Crippen LogP contribution in [0.3, 0.4) is 0 Å². The van der Waals surface area contributed by atoms with Crippen LogP contribution in [0, 0.1) is 0 Å². The van der Waals surface area contributed by atoms with Crippen molar-refractivity contribution in [3.8, 4) is 0 Å². The third-order valence-corrected chi connectivity index (χ3v) is 5.18. The molecular formula is C18H31N7O2. The van der Waals surface area contributed by atoms with Gasteiger partial charge >= 0.3 is 6.09 Å². The lowest BCUT2D eigenvalue weighted by Gasteiger charge is -2.31. The molecule has 1 aromatic rings. The second kappa shape index (κ2) is 9.57. The molecule has 0 aliphatic carbocycles. The number of hydrogen-bond acceptors (Lipinski definition) is 5. The van der Waals surface area contributed by atoms with E-state index in [0.29, 0.717) is 32.2 Å². The number of amides is 1. The standard InChI is InChI=1S/C18H31N7O2/c1-2-27-18(26)24-12-8-14(9-13-24)21-17(19)20-10-7-16-23-22-15-6-4-3-5-11-25(15)16/h14H,2-13H2,1H3,(H3,19,20,21). The van der Waals surface area contributed by atoms with Crippen LogP contribution in [0.15, 0.2) is 4.99 Å².